The highest BCUT2D eigenvalue weighted by Gasteiger charge is 2.24. The molecule has 3 heteroatoms. The first kappa shape index (κ1) is 19.9. The van der Waals surface area contributed by atoms with E-state index in [0.717, 1.165) is 12.8 Å². The van der Waals surface area contributed by atoms with E-state index in [1.54, 1.807) is 6.92 Å². The number of hydrogen-bond donors (Lipinski definition) is 3. The normalized spacial score (nSPS) is 16.1. The van der Waals surface area contributed by atoms with Crippen molar-refractivity contribution in [2.45, 2.75) is 110 Å². The first-order valence-electron chi connectivity index (χ1n) is 8.72. The zero-order valence-electron chi connectivity index (χ0n) is 14.0. The molecule has 0 aliphatic carbocycles. The lowest BCUT2D eigenvalue weighted by atomic mass is 10.00. The fraction of sp³-hybridized carbons (Fsp3) is 1.00. The van der Waals surface area contributed by atoms with Crippen LogP contribution >= 0.6 is 0 Å². The number of aliphatic hydroxyl groups is 2. The molecule has 0 aromatic rings. The Morgan fingerprint density at radius 1 is 0.850 bits per heavy atom. The third-order valence-corrected chi connectivity index (χ3v) is 4.01. The van der Waals surface area contributed by atoms with E-state index in [-0.39, 0.29) is 0 Å². The first-order valence-corrected chi connectivity index (χ1v) is 8.72. The average molecular weight is 287 g/mol. The molecule has 0 saturated heterocycles. The van der Waals surface area contributed by atoms with Gasteiger partial charge >= 0.3 is 0 Å². The van der Waals surface area contributed by atoms with Crippen LogP contribution in [0.3, 0.4) is 0 Å². The SMILES string of the molecule is CCCCCCCCCCCCC(O)(CC)NC(C)O. The first-order chi connectivity index (χ1) is 9.54. The molecule has 3 N–H and O–H groups in total. The van der Waals surface area contributed by atoms with E-state index >= 15 is 0 Å². The van der Waals surface area contributed by atoms with Gasteiger partial charge in [0.2, 0.25) is 0 Å². The van der Waals surface area contributed by atoms with Crippen molar-refractivity contribution >= 4 is 0 Å². The molecule has 0 aromatic carbocycles. The van der Waals surface area contributed by atoms with Crippen molar-refractivity contribution in [3.8, 4) is 0 Å². The summed E-state index contributed by atoms with van der Waals surface area (Å²) >= 11 is 0. The summed E-state index contributed by atoms with van der Waals surface area (Å²) in [7, 11) is 0. The predicted molar refractivity (Wildman–Crippen MR) is 86.5 cm³/mol. The van der Waals surface area contributed by atoms with Crippen molar-refractivity contribution in [2.75, 3.05) is 0 Å². The van der Waals surface area contributed by atoms with Crippen LogP contribution in [0.25, 0.3) is 0 Å². The van der Waals surface area contributed by atoms with E-state index in [1.165, 1.54) is 57.8 Å². The van der Waals surface area contributed by atoms with E-state index < -0.39 is 12.0 Å². The van der Waals surface area contributed by atoms with Crippen LogP contribution in [0.5, 0.6) is 0 Å². The molecule has 0 heterocycles. The van der Waals surface area contributed by atoms with Gasteiger partial charge in [-0.05, 0) is 26.2 Å². The van der Waals surface area contributed by atoms with Gasteiger partial charge in [0.25, 0.3) is 0 Å². The summed E-state index contributed by atoms with van der Waals surface area (Å²) in [6.45, 7) is 5.86. The maximum absolute atomic E-state index is 10.2. The second-order valence-corrected chi connectivity index (χ2v) is 6.14. The minimum atomic E-state index is -0.895. The van der Waals surface area contributed by atoms with Gasteiger partial charge in [-0.15, -0.1) is 0 Å². The molecular weight excluding hydrogens is 250 g/mol. The fourth-order valence-corrected chi connectivity index (χ4v) is 2.64. The van der Waals surface area contributed by atoms with Crippen LogP contribution in [0.15, 0.2) is 0 Å². The van der Waals surface area contributed by atoms with Crippen molar-refractivity contribution < 1.29 is 10.2 Å². The Morgan fingerprint density at radius 3 is 1.70 bits per heavy atom. The third-order valence-electron chi connectivity index (χ3n) is 4.01. The quantitative estimate of drug-likeness (QED) is 0.329. The topological polar surface area (TPSA) is 52.5 Å². The van der Waals surface area contributed by atoms with Crippen LogP contribution in [-0.2, 0) is 0 Å². The summed E-state index contributed by atoms with van der Waals surface area (Å²) in [5, 5.41) is 22.4. The fourth-order valence-electron chi connectivity index (χ4n) is 2.64. The minimum Gasteiger partial charge on any atom is -0.379 e. The smallest absolute Gasteiger partial charge is 0.117 e. The van der Waals surface area contributed by atoms with Crippen molar-refractivity contribution in [1.82, 2.24) is 5.32 Å². The molecule has 0 radical (unpaired) electrons. The van der Waals surface area contributed by atoms with Gasteiger partial charge in [0, 0.05) is 0 Å². The van der Waals surface area contributed by atoms with E-state index in [0.29, 0.717) is 6.42 Å². The molecule has 0 amide bonds. The Kier molecular flexibility index (Phi) is 12.5. The van der Waals surface area contributed by atoms with Gasteiger partial charge in [0.1, 0.15) is 12.0 Å². The zero-order valence-corrected chi connectivity index (χ0v) is 14.0. The molecule has 0 fully saturated rings. The summed E-state index contributed by atoms with van der Waals surface area (Å²) in [4.78, 5) is 0. The lowest BCUT2D eigenvalue weighted by Crippen LogP contribution is -2.49. The monoisotopic (exact) mass is 287 g/mol. The van der Waals surface area contributed by atoms with Crippen molar-refractivity contribution in [2.24, 2.45) is 0 Å². The Labute approximate surface area is 126 Å². The minimum absolute atomic E-state index is 0.634. The molecule has 0 spiro atoms. The standard InChI is InChI=1S/C17H37NO2/c1-4-6-7-8-9-10-11-12-13-14-15-17(20,5-2)18-16(3)19/h16,18-20H,4-15H2,1-3H3. The number of unbranched alkanes of at least 4 members (excludes halogenated alkanes) is 9. The van der Waals surface area contributed by atoms with Gasteiger partial charge in [-0.1, -0.05) is 71.6 Å². The van der Waals surface area contributed by atoms with E-state index in [1.807, 2.05) is 6.92 Å². The van der Waals surface area contributed by atoms with E-state index in [4.69, 9.17) is 0 Å². The second-order valence-electron chi connectivity index (χ2n) is 6.14. The highest BCUT2D eigenvalue weighted by atomic mass is 16.3. The Bertz CT molecular complexity index is 209. The Balaban J connectivity index is 3.42. The highest BCUT2D eigenvalue weighted by Crippen LogP contribution is 2.18. The molecule has 2 atom stereocenters. The highest BCUT2D eigenvalue weighted by molar-refractivity contribution is 4.74. The summed E-state index contributed by atoms with van der Waals surface area (Å²) in [6, 6.07) is 0. The molecule has 2 unspecified atom stereocenters. The molecule has 0 aliphatic heterocycles. The molecule has 0 saturated carbocycles. The van der Waals surface area contributed by atoms with Crippen LogP contribution in [0.1, 0.15) is 97.8 Å². The molecule has 20 heavy (non-hydrogen) atoms. The molecule has 0 bridgehead atoms. The van der Waals surface area contributed by atoms with Gasteiger partial charge in [-0.2, -0.15) is 0 Å². The molecule has 3 nitrogen and oxygen atoms in total. The van der Waals surface area contributed by atoms with Crippen LogP contribution in [-0.4, -0.2) is 22.2 Å². The third kappa shape index (κ3) is 11.7. The average Bonchev–Trinajstić information content (AvgIpc) is 2.40. The molecule has 0 aromatic heterocycles. The molecular formula is C17H37NO2. The maximum atomic E-state index is 10.2. The van der Waals surface area contributed by atoms with Crippen LogP contribution in [0, 0.1) is 0 Å². The van der Waals surface area contributed by atoms with Crippen molar-refractivity contribution in [1.29, 1.82) is 0 Å². The van der Waals surface area contributed by atoms with Gasteiger partial charge in [-0.3, -0.25) is 5.32 Å². The van der Waals surface area contributed by atoms with Crippen LogP contribution in [0.2, 0.25) is 0 Å². The van der Waals surface area contributed by atoms with Crippen LogP contribution in [0.4, 0.5) is 0 Å². The summed E-state index contributed by atoms with van der Waals surface area (Å²) in [5.74, 6) is 0. The predicted octanol–water partition coefficient (Wildman–Crippen LogP) is 4.32. The number of nitrogens with one attached hydrogen (secondary N) is 1. The maximum Gasteiger partial charge on any atom is 0.117 e. The lowest BCUT2D eigenvalue weighted by molar-refractivity contribution is -0.0517. The lowest BCUT2D eigenvalue weighted by Gasteiger charge is -2.29. The molecule has 0 aliphatic rings. The van der Waals surface area contributed by atoms with Crippen molar-refractivity contribution in [3.63, 3.8) is 0 Å². The van der Waals surface area contributed by atoms with E-state index in [2.05, 4.69) is 12.2 Å². The Morgan fingerprint density at radius 2 is 1.30 bits per heavy atom. The Hall–Kier alpha value is -0.120. The van der Waals surface area contributed by atoms with Gasteiger partial charge < -0.3 is 10.2 Å². The second kappa shape index (κ2) is 12.6. The van der Waals surface area contributed by atoms with E-state index in [9.17, 15) is 10.2 Å². The van der Waals surface area contributed by atoms with Gasteiger partial charge in [0.05, 0.1) is 0 Å². The number of aliphatic hydroxyl groups excluding tert-OH is 1. The van der Waals surface area contributed by atoms with Gasteiger partial charge in [0.15, 0.2) is 0 Å². The zero-order chi connectivity index (χ0) is 15.3. The summed E-state index contributed by atoms with van der Waals surface area (Å²) in [5.41, 5.74) is -0.895. The van der Waals surface area contributed by atoms with Crippen LogP contribution < -0.4 is 5.32 Å². The molecule has 0 rings (SSSR count). The van der Waals surface area contributed by atoms with Gasteiger partial charge in [-0.25, -0.2) is 0 Å². The largest absolute Gasteiger partial charge is 0.379 e. The number of rotatable bonds is 14. The summed E-state index contributed by atoms with van der Waals surface area (Å²) < 4.78 is 0. The molecule has 122 valence electrons. The summed E-state index contributed by atoms with van der Waals surface area (Å²) in [6.07, 6.45) is 13.7. The number of hydrogen-bond acceptors (Lipinski definition) is 3. The van der Waals surface area contributed by atoms with Crippen molar-refractivity contribution in [3.05, 3.63) is 0 Å².